The molecule has 0 fully saturated rings. The molecular formula is C6H5N3. The van der Waals surface area contributed by atoms with E-state index in [-0.39, 0.29) is 0 Å². The van der Waals surface area contributed by atoms with Crippen LogP contribution < -0.4 is 0 Å². The highest BCUT2D eigenvalue weighted by Gasteiger charge is 2.09. The van der Waals surface area contributed by atoms with Gasteiger partial charge in [0.2, 0.25) is 0 Å². The Morgan fingerprint density at radius 3 is 3.56 bits per heavy atom. The molecule has 9 heavy (non-hydrogen) atoms. The third-order valence-corrected chi connectivity index (χ3v) is 1.26. The fraction of sp³-hybridized carbons (Fsp3) is 0.167. The lowest BCUT2D eigenvalue weighted by atomic mass is 10.4. The largest absolute Gasteiger partial charge is 0.265 e. The van der Waals surface area contributed by atoms with Crippen molar-refractivity contribution in [2.24, 2.45) is 10.1 Å². The highest BCUT2D eigenvalue weighted by Crippen LogP contribution is 2.11. The van der Waals surface area contributed by atoms with Crippen LogP contribution in [0.15, 0.2) is 28.1 Å². The zero-order valence-electron chi connectivity index (χ0n) is 4.78. The number of hydrazone groups is 1. The molecule has 0 saturated carbocycles. The normalized spacial score (nSPS) is 20.4. The molecule has 0 aromatic heterocycles. The number of hydrogen-bond donors (Lipinski definition) is 0. The summed E-state index contributed by atoms with van der Waals surface area (Å²) in [5.74, 6) is 2.74. The fourth-order valence-electron chi connectivity index (χ4n) is 0.801. The van der Waals surface area contributed by atoms with Crippen LogP contribution >= 0.6 is 0 Å². The van der Waals surface area contributed by atoms with E-state index >= 15 is 0 Å². The van der Waals surface area contributed by atoms with Crippen molar-refractivity contribution in [3.8, 4) is 0 Å². The molecule has 0 aliphatic carbocycles. The maximum Gasteiger partial charge on any atom is 0.0881 e. The predicted molar refractivity (Wildman–Crippen MR) is 35.3 cm³/mol. The standard InChI is InChI=1S/C6H5N3/c1-2-8-9-4-3-7-5-6(1)9/h1,3,5H,4H2. The van der Waals surface area contributed by atoms with Gasteiger partial charge >= 0.3 is 0 Å². The number of fused-ring (bicyclic) bond motifs is 1. The van der Waals surface area contributed by atoms with Crippen LogP contribution in [0, 0.1) is 0 Å². The van der Waals surface area contributed by atoms with Gasteiger partial charge in [-0.05, 0) is 0 Å². The molecule has 2 aliphatic rings. The van der Waals surface area contributed by atoms with Crippen LogP contribution in [0.3, 0.4) is 0 Å². The summed E-state index contributed by atoms with van der Waals surface area (Å²) < 4.78 is 0. The van der Waals surface area contributed by atoms with Crippen LogP contribution in [0.1, 0.15) is 0 Å². The van der Waals surface area contributed by atoms with Crippen molar-refractivity contribution in [3.63, 3.8) is 0 Å². The van der Waals surface area contributed by atoms with Gasteiger partial charge in [0.1, 0.15) is 0 Å². The van der Waals surface area contributed by atoms with Crippen molar-refractivity contribution in [2.45, 2.75) is 0 Å². The van der Waals surface area contributed by atoms with Crippen LogP contribution in [0.2, 0.25) is 0 Å². The molecule has 44 valence electrons. The van der Waals surface area contributed by atoms with Crippen molar-refractivity contribution in [3.05, 3.63) is 18.0 Å². The Balaban J connectivity index is 2.38. The first-order chi connectivity index (χ1) is 4.47. The summed E-state index contributed by atoms with van der Waals surface area (Å²) in [5.41, 5.74) is 1.03. The maximum absolute atomic E-state index is 3.96. The van der Waals surface area contributed by atoms with Gasteiger partial charge in [-0.15, -0.1) is 5.10 Å². The molecule has 0 aromatic carbocycles. The van der Waals surface area contributed by atoms with Crippen LogP contribution in [-0.4, -0.2) is 23.6 Å². The first-order valence-corrected chi connectivity index (χ1v) is 2.75. The summed E-state index contributed by atoms with van der Waals surface area (Å²) >= 11 is 0. The highest BCUT2D eigenvalue weighted by molar-refractivity contribution is 5.67. The van der Waals surface area contributed by atoms with E-state index in [0.717, 1.165) is 12.2 Å². The van der Waals surface area contributed by atoms with E-state index in [0.29, 0.717) is 0 Å². The molecule has 0 spiro atoms. The topological polar surface area (TPSA) is 28.0 Å². The summed E-state index contributed by atoms with van der Waals surface area (Å²) in [4.78, 5) is 3.96. The van der Waals surface area contributed by atoms with Gasteiger partial charge in [-0.25, -0.2) is 5.01 Å². The van der Waals surface area contributed by atoms with Crippen LogP contribution in [-0.2, 0) is 0 Å². The lowest BCUT2D eigenvalue weighted by molar-refractivity contribution is 0.439. The molecule has 0 N–H and O–H groups in total. The molecule has 0 amide bonds. The van der Waals surface area contributed by atoms with Gasteiger partial charge in [-0.1, -0.05) is 0 Å². The second-order valence-corrected chi connectivity index (χ2v) is 1.84. The number of aliphatic imine (C=N–C) groups is 1. The average molecular weight is 119 g/mol. The van der Waals surface area contributed by atoms with E-state index in [2.05, 4.69) is 16.0 Å². The minimum Gasteiger partial charge on any atom is -0.265 e. The number of nitrogens with zero attached hydrogens (tertiary/aromatic N) is 3. The van der Waals surface area contributed by atoms with Crippen molar-refractivity contribution in [1.82, 2.24) is 5.01 Å². The molecular weight excluding hydrogens is 114 g/mol. The molecule has 0 saturated heterocycles. The molecule has 2 aliphatic heterocycles. The molecule has 0 radical (unpaired) electrons. The number of hydrogen-bond acceptors (Lipinski definition) is 3. The van der Waals surface area contributed by atoms with E-state index in [1.807, 2.05) is 17.3 Å². The fourth-order valence-corrected chi connectivity index (χ4v) is 0.801. The van der Waals surface area contributed by atoms with Crippen molar-refractivity contribution in [1.29, 1.82) is 0 Å². The third-order valence-electron chi connectivity index (χ3n) is 1.26. The zero-order chi connectivity index (χ0) is 6.10. The average Bonchev–Trinajstić information content (AvgIpc) is 2.33. The van der Waals surface area contributed by atoms with Gasteiger partial charge < -0.3 is 0 Å². The number of allylic oxidation sites excluding steroid dienone is 1. The Morgan fingerprint density at radius 1 is 1.67 bits per heavy atom. The monoisotopic (exact) mass is 119 g/mol. The van der Waals surface area contributed by atoms with E-state index < -0.39 is 0 Å². The van der Waals surface area contributed by atoms with Gasteiger partial charge in [0.05, 0.1) is 18.4 Å². The molecule has 0 bridgehead atoms. The lowest BCUT2D eigenvalue weighted by Gasteiger charge is -2.13. The first-order valence-electron chi connectivity index (χ1n) is 2.75. The molecule has 3 heteroatoms. The van der Waals surface area contributed by atoms with E-state index in [9.17, 15) is 0 Å². The molecule has 3 nitrogen and oxygen atoms in total. The van der Waals surface area contributed by atoms with Gasteiger partial charge in [-0.2, -0.15) is 0 Å². The highest BCUT2D eigenvalue weighted by atomic mass is 15.5. The molecule has 2 heterocycles. The van der Waals surface area contributed by atoms with Crippen molar-refractivity contribution >= 4 is 12.1 Å². The Morgan fingerprint density at radius 2 is 2.67 bits per heavy atom. The lowest BCUT2D eigenvalue weighted by Crippen LogP contribution is -2.17. The second kappa shape index (κ2) is 1.57. The Labute approximate surface area is 52.7 Å². The Bertz CT molecular complexity index is 243. The van der Waals surface area contributed by atoms with Gasteiger partial charge in [0.25, 0.3) is 0 Å². The zero-order valence-corrected chi connectivity index (χ0v) is 4.78. The summed E-state index contributed by atoms with van der Waals surface area (Å²) in [6.07, 6.45) is 5.40. The van der Waals surface area contributed by atoms with Crippen molar-refractivity contribution in [2.75, 3.05) is 6.54 Å². The third kappa shape index (κ3) is 0.590. The number of rotatable bonds is 0. The van der Waals surface area contributed by atoms with Gasteiger partial charge in [0.15, 0.2) is 0 Å². The van der Waals surface area contributed by atoms with Gasteiger partial charge in [-0.3, -0.25) is 4.99 Å². The predicted octanol–water partition coefficient (Wildman–Crippen LogP) is 0.369. The quantitative estimate of drug-likeness (QED) is 0.452. The van der Waals surface area contributed by atoms with E-state index in [1.54, 1.807) is 6.20 Å². The minimum atomic E-state index is 0.773. The summed E-state index contributed by atoms with van der Waals surface area (Å²) in [6.45, 7) is 0.773. The van der Waals surface area contributed by atoms with E-state index in [4.69, 9.17) is 0 Å². The van der Waals surface area contributed by atoms with E-state index in [1.165, 1.54) is 0 Å². The maximum atomic E-state index is 3.96. The molecule has 2 rings (SSSR count). The first kappa shape index (κ1) is 4.53. The molecule has 0 atom stereocenters. The van der Waals surface area contributed by atoms with Crippen LogP contribution in [0.4, 0.5) is 0 Å². The molecule has 0 unspecified atom stereocenters. The summed E-state index contributed by atoms with van der Waals surface area (Å²) in [6, 6.07) is 0. The van der Waals surface area contributed by atoms with Crippen LogP contribution in [0.5, 0.6) is 0 Å². The van der Waals surface area contributed by atoms with Crippen LogP contribution in [0.25, 0.3) is 0 Å². The SMILES string of the molecule is C1=CC2=CN=CCN2N=1. The smallest absolute Gasteiger partial charge is 0.0881 e. The summed E-state index contributed by atoms with van der Waals surface area (Å²) in [7, 11) is 0. The minimum absolute atomic E-state index is 0.773. The van der Waals surface area contributed by atoms with Gasteiger partial charge in [0, 0.05) is 18.2 Å². The van der Waals surface area contributed by atoms with Crippen molar-refractivity contribution < 1.29 is 0 Å². The Hall–Kier alpha value is -1.34. The molecule has 0 aromatic rings. The Kier molecular flexibility index (Phi) is 0.790. The second-order valence-electron chi connectivity index (χ2n) is 1.84. The summed E-state index contributed by atoms with van der Waals surface area (Å²) in [5, 5.41) is 5.77.